The molecule has 0 bridgehead atoms. The third kappa shape index (κ3) is 6.10. The van der Waals surface area contributed by atoms with Crippen LogP contribution in [0.15, 0.2) is 29.8 Å². The van der Waals surface area contributed by atoms with E-state index in [1.165, 1.54) is 59.9 Å². The van der Waals surface area contributed by atoms with Crippen LogP contribution in [0.5, 0.6) is 0 Å². The number of ether oxygens (including phenoxy) is 3. The number of benzene rings is 1. The van der Waals surface area contributed by atoms with E-state index in [-0.39, 0.29) is 34.7 Å². The van der Waals surface area contributed by atoms with Crippen LogP contribution in [0.3, 0.4) is 0 Å². The number of quaternary nitrogens is 1. The summed E-state index contributed by atoms with van der Waals surface area (Å²) in [5.74, 6) is -8.77. The number of amides is 1. The van der Waals surface area contributed by atoms with Crippen LogP contribution in [-0.2, 0) is 34.2 Å². The van der Waals surface area contributed by atoms with Gasteiger partial charge in [-0.25, -0.2) is 32.8 Å². The second-order valence-electron chi connectivity index (χ2n) is 17.8. The van der Waals surface area contributed by atoms with E-state index in [4.69, 9.17) is 30.6 Å². The molecule has 13 nitrogen and oxygen atoms in total. The third-order valence-electron chi connectivity index (χ3n) is 12.6. The second-order valence-corrected chi connectivity index (χ2v) is 18.2. The Kier molecular flexibility index (Phi) is 10.7. The molecule has 1 amide bonds. The predicted molar refractivity (Wildman–Crippen MR) is 192 cm³/mol. The second kappa shape index (κ2) is 13.8. The molecular weight excluding hydrogens is 746 g/mol. The Balaban J connectivity index is 2.01. The average Bonchev–Trinajstić information content (AvgIpc) is 3.30. The van der Waals surface area contributed by atoms with Crippen LogP contribution < -0.4 is 10.2 Å². The number of anilines is 1. The molecule has 0 spiro atoms. The SMILES string of the molecule is CC(=O)O[C@H]1C(C)=C[C@@H]2[C@H](C(C)C(F)F)CC[C@@H](C)[C@]2(O)[C@H]1[C@]1(C(=O)O)C[C@@]2(OC(=O)OC(C)(C)C)c3cccc(Cl)c3N(C)O[C@H]2[N+]1(C(=O)[O-])C(C)(C)C. The van der Waals surface area contributed by atoms with Gasteiger partial charge >= 0.3 is 18.1 Å². The summed E-state index contributed by atoms with van der Waals surface area (Å²) >= 11 is 6.73. The first-order chi connectivity index (χ1) is 25.2. The van der Waals surface area contributed by atoms with Crippen molar-refractivity contribution in [2.75, 3.05) is 12.1 Å². The smallest absolute Gasteiger partial charge is 0.498 e. The number of likely N-dealkylation sites (tertiary alicyclic amines) is 1. The minimum atomic E-state index is -2.89. The number of fused-ring (bicyclic) bond motifs is 4. The van der Waals surface area contributed by atoms with Gasteiger partial charge in [0, 0.05) is 31.4 Å². The van der Waals surface area contributed by atoms with E-state index in [1.54, 1.807) is 33.8 Å². The quantitative estimate of drug-likeness (QED) is 0.191. The molecule has 2 aliphatic heterocycles. The molecule has 2 unspecified atom stereocenters. The van der Waals surface area contributed by atoms with E-state index in [0.717, 1.165) is 12.0 Å². The first-order valence-corrected chi connectivity index (χ1v) is 18.9. The van der Waals surface area contributed by atoms with E-state index < -0.39 is 111 Å². The highest BCUT2D eigenvalue weighted by Gasteiger charge is 2.88. The molecule has 2 heterocycles. The number of carboxylic acid groups (broad SMARTS) is 2. The molecule has 306 valence electrons. The first kappa shape index (κ1) is 42.6. The van der Waals surface area contributed by atoms with E-state index in [9.17, 15) is 43.3 Å². The van der Waals surface area contributed by atoms with Gasteiger partial charge in [0.25, 0.3) is 12.3 Å². The van der Waals surface area contributed by atoms with Crippen LogP contribution in [0.4, 0.5) is 24.1 Å². The van der Waals surface area contributed by atoms with Gasteiger partial charge in [0.2, 0.25) is 17.6 Å². The minimum Gasteiger partial charge on any atom is -0.498 e. The van der Waals surface area contributed by atoms with Gasteiger partial charge < -0.3 is 34.3 Å². The molecule has 1 aromatic rings. The Labute approximate surface area is 325 Å². The first-order valence-electron chi connectivity index (χ1n) is 18.5. The summed E-state index contributed by atoms with van der Waals surface area (Å²) in [5, 5.41) is 41.4. The molecule has 4 aliphatic rings. The van der Waals surface area contributed by atoms with Gasteiger partial charge in [-0.15, -0.1) is 0 Å². The zero-order valence-electron chi connectivity index (χ0n) is 33.1. The number of hydrogen-bond donors (Lipinski definition) is 2. The maximum atomic E-state index is 14.9. The summed E-state index contributed by atoms with van der Waals surface area (Å²) in [7, 11) is 1.42. The number of carbonyl (C=O) groups is 4. The number of esters is 1. The maximum Gasteiger partial charge on any atom is 0.510 e. The fraction of sp³-hybridized carbons (Fsp3) is 0.692. The third-order valence-corrected chi connectivity index (χ3v) is 12.9. The molecule has 55 heavy (non-hydrogen) atoms. The maximum absolute atomic E-state index is 14.9. The summed E-state index contributed by atoms with van der Waals surface area (Å²) in [6.07, 6.45) is -8.69. The lowest BCUT2D eigenvalue weighted by atomic mass is 9.48. The van der Waals surface area contributed by atoms with Gasteiger partial charge in [-0.1, -0.05) is 43.7 Å². The molecule has 0 aromatic heterocycles. The van der Waals surface area contributed by atoms with Gasteiger partial charge in [0.05, 0.1) is 34.2 Å². The fourth-order valence-corrected chi connectivity index (χ4v) is 10.9. The molecule has 5 rings (SSSR count). The Morgan fingerprint density at radius 1 is 1.13 bits per heavy atom. The van der Waals surface area contributed by atoms with Crippen molar-refractivity contribution in [3.05, 3.63) is 40.4 Å². The van der Waals surface area contributed by atoms with Crippen LogP contribution >= 0.6 is 11.6 Å². The number of rotatable bonds is 6. The number of halogens is 3. The van der Waals surface area contributed by atoms with Crippen molar-refractivity contribution >= 4 is 41.5 Å². The molecular formula is C39H53ClF2N2O11. The number of alkyl halides is 2. The fourth-order valence-electron chi connectivity index (χ4n) is 10.6. The van der Waals surface area contributed by atoms with Crippen molar-refractivity contribution in [3.63, 3.8) is 0 Å². The Morgan fingerprint density at radius 2 is 1.75 bits per heavy atom. The Morgan fingerprint density at radius 3 is 2.25 bits per heavy atom. The number of hydrogen-bond acceptors (Lipinski definition) is 11. The number of para-hydroxylation sites is 1. The molecule has 16 heteroatoms. The Bertz CT molecular complexity index is 1780. The zero-order valence-corrected chi connectivity index (χ0v) is 33.9. The molecule has 11 atom stereocenters. The van der Waals surface area contributed by atoms with Gasteiger partial charge in [0.1, 0.15) is 11.7 Å². The van der Waals surface area contributed by atoms with Crippen molar-refractivity contribution in [1.29, 1.82) is 0 Å². The molecule has 2 fully saturated rings. The van der Waals surface area contributed by atoms with E-state index in [1.807, 2.05) is 0 Å². The van der Waals surface area contributed by atoms with Crippen LogP contribution in [0.25, 0.3) is 0 Å². The highest BCUT2D eigenvalue weighted by atomic mass is 35.5. The Hall–Kier alpha value is -3.53. The molecule has 1 aromatic carbocycles. The standard InChI is InChI=1S/C39H53ClF2N2O11/c1-19-17-25-23(21(3)30(41)42)16-15-20(2)39(25,51)29(28(19)52-22(4)45)37(32(46)47)18-38(54-34(50)53-36(8,9)10)24-13-12-14-26(40)27(24)43(11)55-31(38)44(37,33(48)49)35(5,6)7/h12-14,17,20-21,23,25,28-31,51H,15-16,18H2,1-11H3,(H-,46,47,48,49)/t20-,21?,23+,25-,28+,29-,31-,37+,38-,39-,44?/m1/s1. The number of aliphatic carboxylic acids is 1. The highest BCUT2D eigenvalue weighted by molar-refractivity contribution is 6.33. The van der Waals surface area contributed by atoms with Gasteiger partial charge in [-0.2, -0.15) is 0 Å². The van der Waals surface area contributed by atoms with Crippen LogP contribution in [-0.4, -0.2) is 87.0 Å². The van der Waals surface area contributed by atoms with E-state index in [2.05, 4.69) is 0 Å². The molecule has 2 N–H and O–H groups in total. The molecule has 1 saturated heterocycles. The van der Waals surface area contributed by atoms with Gasteiger partial charge in [-0.3, -0.25) is 4.79 Å². The lowest BCUT2D eigenvalue weighted by Crippen LogP contribution is -2.86. The van der Waals surface area contributed by atoms with E-state index in [0.29, 0.717) is 0 Å². The topological polar surface area (TPSA) is 172 Å². The van der Waals surface area contributed by atoms with Gasteiger partial charge in [-0.05, 0) is 84.8 Å². The van der Waals surface area contributed by atoms with Gasteiger partial charge in [0.15, 0.2) is 0 Å². The lowest BCUT2D eigenvalue weighted by Gasteiger charge is -2.64. The summed E-state index contributed by atoms with van der Waals surface area (Å²) in [6, 6.07) is 4.53. The van der Waals surface area contributed by atoms with Crippen molar-refractivity contribution < 1.29 is 66.8 Å². The normalized spacial score (nSPS) is 36.5. The monoisotopic (exact) mass is 798 g/mol. The molecule has 0 radical (unpaired) electrons. The molecule has 2 aliphatic carbocycles. The zero-order chi connectivity index (χ0) is 41.6. The van der Waals surface area contributed by atoms with Crippen molar-refractivity contribution in [2.45, 2.75) is 135 Å². The summed E-state index contributed by atoms with van der Waals surface area (Å²) in [5.41, 5.74) is -10.1. The number of hydroxylamine groups is 1. The minimum absolute atomic E-state index is 0.0669. The summed E-state index contributed by atoms with van der Waals surface area (Å²) in [4.78, 5) is 62.8. The van der Waals surface area contributed by atoms with Crippen LogP contribution in [0.1, 0.15) is 94.1 Å². The highest BCUT2D eigenvalue weighted by Crippen LogP contribution is 2.69. The van der Waals surface area contributed by atoms with Crippen LogP contribution in [0, 0.1) is 29.6 Å². The number of carbonyl (C=O) groups excluding carboxylic acids is 3. The van der Waals surface area contributed by atoms with Crippen molar-refractivity contribution in [1.82, 2.24) is 0 Å². The van der Waals surface area contributed by atoms with Crippen molar-refractivity contribution in [2.24, 2.45) is 29.6 Å². The molecule has 1 saturated carbocycles. The lowest BCUT2D eigenvalue weighted by molar-refractivity contribution is -0.991. The van der Waals surface area contributed by atoms with Crippen LogP contribution in [0.2, 0.25) is 5.02 Å². The number of nitrogens with zero attached hydrogens (tertiary/aromatic N) is 2. The number of carboxylic acids is 1. The van der Waals surface area contributed by atoms with E-state index >= 15 is 0 Å². The number of aliphatic hydroxyl groups is 1. The van der Waals surface area contributed by atoms with Crippen molar-refractivity contribution in [3.8, 4) is 0 Å². The average molecular weight is 799 g/mol. The summed E-state index contributed by atoms with van der Waals surface area (Å²) in [6.45, 7) is 14.7. The predicted octanol–water partition coefficient (Wildman–Crippen LogP) is 6.18. The largest absolute Gasteiger partial charge is 0.510 e. The summed E-state index contributed by atoms with van der Waals surface area (Å²) < 4.78 is 45.3.